The Morgan fingerprint density at radius 1 is 1.30 bits per heavy atom. The fraction of sp³-hybridized carbons (Fsp3) is 0.292. The normalized spacial score (nSPS) is 18.0. The van der Waals surface area contributed by atoms with E-state index in [0.29, 0.717) is 6.42 Å². The number of rotatable bonds is 7. The van der Waals surface area contributed by atoms with Crippen molar-refractivity contribution < 1.29 is 5.11 Å². The summed E-state index contributed by atoms with van der Waals surface area (Å²) in [6.07, 6.45) is 4.71. The molecule has 3 rings (SSSR count). The van der Waals surface area contributed by atoms with E-state index in [1.165, 1.54) is 6.21 Å². The number of anilines is 1. The van der Waals surface area contributed by atoms with E-state index >= 15 is 0 Å². The molecule has 1 heterocycles. The Hall–Kier alpha value is -3.25. The van der Waals surface area contributed by atoms with Crippen LogP contribution in [0.15, 0.2) is 54.4 Å². The van der Waals surface area contributed by atoms with Crippen molar-refractivity contribution in [3.05, 3.63) is 76.6 Å². The van der Waals surface area contributed by atoms with Gasteiger partial charge in [-0.2, -0.15) is 0 Å². The molecule has 0 radical (unpaired) electrons. The molecule has 0 fully saturated rings. The van der Waals surface area contributed by atoms with Crippen molar-refractivity contribution in [1.29, 1.82) is 5.41 Å². The highest BCUT2D eigenvalue weighted by molar-refractivity contribution is 6.08. The summed E-state index contributed by atoms with van der Waals surface area (Å²) in [5, 5.41) is 27.2. The van der Waals surface area contributed by atoms with E-state index in [9.17, 15) is 5.11 Å². The zero-order chi connectivity index (χ0) is 21.5. The van der Waals surface area contributed by atoms with Gasteiger partial charge in [-0.1, -0.05) is 24.3 Å². The average molecular weight is 406 g/mol. The molecule has 6 nitrogen and oxygen atoms in total. The van der Waals surface area contributed by atoms with Crippen LogP contribution in [0.2, 0.25) is 0 Å². The number of hydrogen-bond donors (Lipinski definition) is 6. The maximum Gasteiger partial charge on any atom is 0.0605 e. The SMILES string of the molecule is CN/C=C(\C=N)c1ccc2c(c1)C(Nc1cccc(CCO)c1)CCN/C2=C(/C)N. The quantitative estimate of drug-likeness (QED) is 0.397. The molecule has 0 aromatic heterocycles. The van der Waals surface area contributed by atoms with Crippen LogP contribution in [0.1, 0.15) is 41.6 Å². The van der Waals surface area contributed by atoms with Crippen LogP contribution in [-0.4, -0.2) is 31.5 Å². The van der Waals surface area contributed by atoms with E-state index in [1.54, 1.807) is 0 Å². The molecule has 30 heavy (non-hydrogen) atoms. The Morgan fingerprint density at radius 3 is 2.83 bits per heavy atom. The van der Waals surface area contributed by atoms with Gasteiger partial charge in [0, 0.05) is 55.1 Å². The maximum atomic E-state index is 9.26. The topological polar surface area (TPSA) is 106 Å². The molecule has 1 aliphatic rings. The summed E-state index contributed by atoms with van der Waals surface area (Å²) in [6.45, 7) is 2.85. The first-order chi connectivity index (χ1) is 14.6. The predicted octanol–water partition coefficient (Wildman–Crippen LogP) is 3.22. The highest BCUT2D eigenvalue weighted by Crippen LogP contribution is 2.34. The van der Waals surface area contributed by atoms with Crippen LogP contribution in [-0.2, 0) is 6.42 Å². The summed E-state index contributed by atoms with van der Waals surface area (Å²) in [5.41, 5.74) is 14.1. The minimum Gasteiger partial charge on any atom is -0.401 e. The third-order valence-corrected chi connectivity index (χ3v) is 5.28. The molecular formula is C24H31N5O. The third kappa shape index (κ3) is 4.83. The summed E-state index contributed by atoms with van der Waals surface area (Å²) < 4.78 is 0. The number of hydrogen-bond acceptors (Lipinski definition) is 6. The number of aliphatic hydroxyl groups excluding tert-OH is 1. The molecule has 1 atom stereocenters. The fourth-order valence-corrected chi connectivity index (χ4v) is 3.86. The van der Waals surface area contributed by atoms with Crippen molar-refractivity contribution in [2.24, 2.45) is 5.73 Å². The molecule has 0 bridgehead atoms. The molecule has 1 unspecified atom stereocenters. The first-order valence-corrected chi connectivity index (χ1v) is 10.3. The van der Waals surface area contributed by atoms with Crippen molar-refractivity contribution in [3.63, 3.8) is 0 Å². The monoisotopic (exact) mass is 405 g/mol. The van der Waals surface area contributed by atoms with Gasteiger partial charge in [0.2, 0.25) is 0 Å². The summed E-state index contributed by atoms with van der Waals surface area (Å²) >= 11 is 0. The predicted molar refractivity (Wildman–Crippen MR) is 125 cm³/mol. The Morgan fingerprint density at radius 2 is 2.13 bits per heavy atom. The third-order valence-electron chi connectivity index (χ3n) is 5.28. The van der Waals surface area contributed by atoms with Crippen LogP contribution in [0.25, 0.3) is 11.3 Å². The highest BCUT2D eigenvalue weighted by atomic mass is 16.2. The van der Waals surface area contributed by atoms with E-state index in [-0.39, 0.29) is 12.6 Å². The van der Waals surface area contributed by atoms with Crippen LogP contribution in [0.3, 0.4) is 0 Å². The minimum atomic E-state index is 0.0789. The highest BCUT2D eigenvalue weighted by Gasteiger charge is 2.23. The number of allylic oxidation sites excluding steroid dienone is 2. The van der Waals surface area contributed by atoms with E-state index in [0.717, 1.165) is 57.9 Å². The number of aliphatic hydroxyl groups is 1. The zero-order valence-electron chi connectivity index (χ0n) is 17.6. The molecule has 6 heteroatoms. The van der Waals surface area contributed by atoms with Crippen LogP contribution in [0.4, 0.5) is 5.69 Å². The van der Waals surface area contributed by atoms with E-state index in [1.807, 2.05) is 38.4 Å². The van der Waals surface area contributed by atoms with Gasteiger partial charge in [-0.15, -0.1) is 0 Å². The molecule has 2 aromatic rings. The van der Waals surface area contributed by atoms with Gasteiger partial charge in [-0.25, -0.2) is 0 Å². The van der Waals surface area contributed by atoms with Gasteiger partial charge in [0.25, 0.3) is 0 Å². The number of nitrogens with one attached hydrogen (secondary N) is 4. The zero-order valence-corrected chi connectivity index (χ0v) is 17.6. The molecule has 1 aliphatic heterocycles. The Labute approximate surface area is 178 Å². The van der Waals surface area contributed by atoms with Crippen LogP contribution in [0, 0.1) is 5.41 Å². The van der Waals surface area contributed by atoms with E-state index in [2.05, 4.69) is 40.2 Å². The molecule has 158 valence electrons. The lowest BCUT2D eigenvalue weighted by Crippen LogP contribution is -2.16. The second-order valence-electron chi connectivity index (χ2n) is 7.48. The van der Waals surface area contributed by atoms with Crippen molar-refractivity contribution in [1.82, 2.24) is 10.6 Å². The Balaban J connectivity index is 2.06. The lowest BCUT2D eigenvalue weighted by atomic mass is 9.92. The van der Waals surface area contributed by atoms with Crippen LogP contribution >= 0.6 is 0 Å². The van der Waals surface area contributed by atoms with Gasteiger partial charge in [-0.3, -0.25) is 0 Å². The largest absolute Gasteiger partial charge is 0.401 e. The lowest BCUT2D eigenvalue weighted by Gasteiger charge is -2.22. The van der Waals surface area contributed by atoms with E-state index in [4.69, 9.17) is 11.1 Å². The minimum absolute atomic E-state index is 0.0789. The smallest absolute Gasteiger partial charge is 0.0605 e. The molecule has 7 N–H and O–H groups in total. The summed E-state index contributed by atoms with van der Waals surface area (Å²) in [4.78, 5) is 0. The molecule has 0 saturated heterocycles. The first-order valence-electron chi connectivity index (χ1n) is 10.3. The van der Waals surface area contributed by atoms with Crippen molar-refractivity contribution in [2.45, 2.75) is 25.8 Å². The molecule has 0 aliphatic carbocycles. The fourth-order valence-electron chi connectivity index (χ4n) is 3.86. The van der Waals surface area contributed by atoms with Gasteiger partial charge in [0.05, 0.1) is 11.7 Å². The molecule has 0 spiro atoms. The van der Waals surface area contributed by atoms with Crippen molar-refractivity contribution in [2.75, 3.05) is 25.5 Å². The standard InChI is InChI=1S/C24H31N5O/c1-16(26)24-21-7-6-18(19(14-25)15-27-2)13-22(21)23(8-10-28-24)29-20-5-3-4-17(12-20)9-11-30/h3-7,12-15,23,25,27-30H,8-11,26H2,1-2H3/b19-15+,24-16-,25-14?. The lowest BCUT2D eigenvalue weighted by molar-refractivity contribution is 0.299. The van der Waals surface area contributed by atoms with Crippen molar-refractivity contribution >= 4 is 23.2 Å². The van der Waals surface area contributed by atoms with Gasteiger partial charge in [0.15, 0.2) is 0 Å². The Kier molecular flexibility index (Phi) is 7.14. The molecule has 0 amide bonds. The number of fused-ring (bicyclic) bond motifs is 1. The van der Waals surface area contributed by atoms with E-state index < -0.39 is 0 Å². The second kappa shape index (κ2) is 9.98. The number of benzene rings is 2. The van der Waals surface area contributed by atoms with Gasteiger partial charge in [-0.05, 0) is 54.7 Å². The van der Waals surface area contributed by atoms with Crippen LogP contribution < -0.4 is 21.7 Å². The summed E-state index contributed by atoms with van der Waals surface area (Å²) in [6, 6.07) is 14.5. The molecular weight excluding hydrogens is 374 g/mol. The van der Waals surface area contributed by atoms with Gasteiger partial charge in [0.1, 0.15) is 0 Å². The molecule has 0 saturated carbocycles. The van der Waals surface area contributed by atoms with Gasteiger partial charge >= 0.3 is 0 Å². The summed E-state index contributed by atoms with van der Waals surface area (Å²) in [5.74, 6) is 0. The average Bonchev–Trinajstić information content (AvgIpc) is 2.92. The second-order valence-corrected chi connectivity index (χ2v) is 7.48. The molecule has 2 aromatic carbocycles. The number of nitrogens with two attached hydrogens (primary N) is 1. The van der Waals surface area contributed by atoms with Gasteiger partial charge < -0.3 is 32.2 Å². The van der Waals surface area contributed by atoms with Crippen molar-refractivity contribution in [3.8, 4) is 0 Å². The van der Waals surface area contributed by atoms with Crippen LogP contribution in [0.5, 0.6) is 0 Å². The Bertz CT molecular complexity index is 960. The summed E-state index contributed by atoms with van der Waals surface area (Å²) in [7, 11) is 1.83. The maximum absolute atomic E-state index is 9.26. The first kappa shape index (κ1) is 21.5.